The first kappa shape index (κ1) is 21.8. The molecule has 0 unspecified atom stereocenters. The Balaban J connectivity index is 1.67. The summed E-state index contributed by atoms with van der Waals surface area (Å²) in [6.45, 7) is 0.00238. The lowest BCUT2D eigenvalue weighted by Crippen LogP contribution is -2.30. The van der Waals surface area contributed by atoms with Gasteiger partial charge in [0.25, 0.3) is 0 Å². The highest BCUT2D eigenvalue weighted by Gasteiger charge is 2.21. The molecule has 1 aromatic heterocycles. The predicted molar refractivity (Wildman–Crippen MR) is 114 cm³/mol. The van der Waals surface area contributed by atoms with E-state index in [0.717, 1.165) is 18.0 Å². The molecule has 0 aliphatic heterocycles. The van der Waals surface area contributed by atoms with E-state index in [1.807, 2.05) is 0 Å². The largest absolute Gasteiger partial charge is 0.325 e. The van der Waals surface area contributed by atoms with Gasteiger partial charge in [0.05, 0.1) is 24.2 Å². The van der Waals surface area contributed by atoms with Gasteiger partial charge in [-0.1, -0.05) is 36.0 Å². The number of nitrogens with zero attached hydrogens (tertiary/aromatic N) is 4. The van der Waals surface area contributed by atoms with Crippen molar-refractivity contribution in [2.45, 2.75) is 11.7 Å². The summed E-state index contributed by atoms with van der Waals surface area (Å²) >= 11 is 1.15. The SMILES string of the molecule is Cn1c(CN(c2ccccc2)S(C)(=O)=O)nnc1SCC(=O)Nc1cccc(F)c1. The van der Waals surface area contributed by atoms with Crippen LogP contribution in [0.3, 0.4) is 0 Å². The molecule has 0 bridgehead atoms. The van der Waals surface area contributed by atoms with E-state index in [1.165, 1.54) is 22.5 Å². The summed E-state index contributed by atoms with van der Waals surface area (Å²) < 4.78 is 40.6. The second kappa shape index (κ2) is 9.26. The fraction of sp³-hybridized carbons (Fsp3) is 0.211. The maximum Gasteiger partial charge on any atom is 0.234 e. The summed E-state index contributed by atoms with van der Waals surface area (Å²) in [4.78, 5) is 12.1. The van der Waals surface area contributed by atoms with Gasteiger partial charge in [-0.3, -0.25) is 9.10 Å². The number of benzene rings is 2. The third kappa shape index (κ3) is 5.57. The lowest BCUT2D eigenvalue weighted by atomic mass is 10.3. The van der Waals surface area contributed by atoms with Crippen LogP contribution in [0.1, 0.15) is 5.82 Å². The molecule has 1 heterocycles. The monoisotopic (exact) mass is 449 g/mol. The first-order chi connectivity index (χ1) is 14.2. The molecule has 0 radical (unpaired) electrons. The molecule has 11 heteroatoms. The van der Waals surface area contributed by atoms with E-state index in [1.54, 1.807) is 48.0 Å². The van der Waals surface area contributed by atoms with Gasteiger partial charge in [-0.25, -0.2) is 12.8 Å². The van der Waals surface area contributed by atoms with Gasteiger partial charge in [0.15, 0.2) is 11.0 Å². The minimum Gasteiger partial charge on any atom is -0.325 e. The van der Waals surface area contributed by atoms with Gasteiger partial charge in [-0.15, -0.1) is 10.2 Å². The number of aromatic nitrogens is 3. The molecule has 0 saturated heterocycles. The third-order valence-corrected chi connectivity index (χ3v) is 6.26. The number of para-hydroxylation sites is 1. The summed E-state index contributed by atoms with van der Waals surface area (Å²) in [6, 6.07) is 14.3. The molecule has 30 heavy (non-hydrogen) atoms. The van der Waals surface area contributed by atoms with Crippen molar-refractivity contribution in [3.63, 3.8) is 0 Å². The van der Waals surface area contributed by atoms with Crippen molar-refractivity contribution in [2.75, 3.05) is 21.6 Å². The third-order valence-electron chi connectivity index (χ3n) is 4.10. The molecule has 1 N–H and O–H groups in total. The van der Waals surface area contributed by atoms with Gasteiger partial charge < -0.3 is 9.88 Å². The number of carbonyl (C=O) groups excluding carboxylic acids is 1. The van der Waals surface area contributed by atoms with Crippen molar-refractivity contribution in [3.05, 3.63) is 66.2 Å². The van der Waals surface area contributed by atoms with Crippen LogP contribution >= 0.6 is 11.8 Å². The summed E-state index contributed by atoms with van der Waals surface area (Å²) in [5.41, 5.74) is 0.887. The van der Waals surface area contributed by atoms with E-state index in [-0.39, 0.29) is 18.2 Å². The first-order valence-electron chi connectivity index (χ1n) is 8.83. The molecular weight excluding hydrogens is 429 g/mol. The molecule has 0 spiro atoms. The molecule has 0 aliphatic rings. The fourth-order valence-electron chi connectivity index (χ4n) is 2.62. The van der Waals surface area contributed by atoms with Crippen LogP contribution in [0.25, 0.3) is 0 Å². The Morgan fingerprint density at radius 3 is 2.57 bits per heavy atom. The Hall–Kier alpha value is -2.92. The number of anilines is 2. The van der Waals surface area contributed by atoms with Crippen molar-refractivity contribution >= 4 is 39.1 Å². The van der Waals surface area contributed by atoms with Gasteiger partial charge in [0.2, 0.25) is 15.9 Å². The average Bonchev–Trinajstić information content (AvgIpc) is 3.04. The first-order valence-corrected chi connectivity index (χ1v) is 11.7. The van der Waals surface area contributed by atoms with Gasteiger partial charge in [-0.05, 0) is 30.3 Å². The van der Waals surface area contributed by atoms with Crippen LogP contribution < -0.4 is 9.62 Å². The van der Waals surface area contributed by atoms with E-state index in [2.05, 4.69) is 15.5 Å². The van der Waals surface area contributed by atoms with Gasteiger partial charge in [0, 0.05) is 12.7 Å². The molecule has 0 atom stereocenters. The number of rotatable bonds is 8. The standard InChI is InChI=1S/C19H20FN5O3S2/c1-24-17(12-25(30(2,27)28)16-9-4-3-5-10-16)22-23-19(24)29-13-18(26)21-15-8-6-7-14(20)11-15/h3-11H,12-13H2,1-2H3,(H,21,26). The maximum atomic E-state index is 13.2. The number of hydrogen-bond acceptors (Lipinski definition) is 6. The molecule has 0 saturated carbocycles. The molecule has 1 amide bonds. The maximum absolute atomic E-state index is 13.2. The number of carbonyl (C=O) groups is 1. The van der Waals surface area contributed by atoms with Crippen LogP contribution in [0, 0.1) is 5.82 Å². The lowest BCUT2D eigenvalue weighted by Gasteiger charge is -2.21. The van der Waals surface area contributed by atoms with Crippen LogP contribution in [0.5, 0.6) is 0 Å². The minimum atomic E-state index is -3.54. The van der Waals surface area contributed by atoms with Crippen molar-refractivity contribution in [1.29, 1.82) is 0 Å². The molecular formula is C19H20FN5O3S2. The number of sulfonamides is 1. The number of thioether (sulfide) groups is 1. The fourth-order valence-corrected chi connectivity index (χ4v) is 4.21. The normalized spacial score (nSPS) is 11.3. The average molecular weight is 450 g/mol. The van der Waals surface area contributed by atoms with E-state index in [9.17, 15) is 17.6 Å². The molecule has 0 fully saturated rings. The zero-order valence-corrected chi connectivity index (χ0v) is 18.0. The van der Waals surface area contributed by atoms with E-state index >= 15 is 0 Å². The minimum absolute atomic E-state index is 0.00238. The van der Waals surface area contributed by atoms with Crippen LogP contribution in [0.15, 0.2) is 59.8 Å². The summed E-state index contributed by atoms with van der Waals surface area (Å²) in [7, 11) is -1.83. The Labute approximate surface area is 178 Å². The van der Waals surface area contributed by atoms with Crippen molar-refractivity contribution in [1.82, 2.24) is 14.8 Å². The smallest absolute Gasteiger partial charge is 0.234 e. The number of hydrogen-bond donors (Lipinski definition) is 1. The Bertz CT molecular complexity index is 1140. The Morgan fingerprint density at radius 1 is 1.17 bits per heavy atom. The topological polar surface area (TPSA) is 97.2 Å². The van der Waals surface area contributed by atoms with Crippen molar-refractivity contribution < 1.29 is 17.6 Å². The predicted octanol–water partition coefficient (Wildman–Crippen LogP) is 2.65. The second-order valence-electron chi connectivity index (χ2n) is 6.41. The molecule has 3 rings (SSSR count). The van der Waals surface area contributed by atoms with Crippen LogP contribution in [-0.2, 0) is 28.4 Å². The summed E-state index contributed by atoms with van der Waals surface area (Å²) in [5, 5.41) is 11.2. The van der Waals surface area contributed by atoms with Crippen LogP contribution in [-0.4, -0.2) is 41.1 Å². The molecule has 3 aromatic rings. The Morgan fingerprint density at radius 2 is 1.90 bits per heavy atom. The van der Waals surface area contributed by atoms with E-state index in [4.69, 9.17) is 0 Å². The van der Waals surface area contributed by atoms with Gasteiger partial charge in [-0.2, -0.15) is 0 Å². The van der Waals surface area contributed by atoms with Crippen molar-refractivity contribution in [2.24, 2.45) is 7.05 Å². The highest BCUT2D eigenvalue weighted by atomic mass is 32.2. The number of halogens is 1. The van der Waals surface area contributed by atoms with Crippen molar-refractivity contribution in [3.8, 4) is 0 Å². The molecule has 0 aliphatic carbocycles. The van der Waals surface area contributed by atoms with Gasteiger partial charge >= 0.3 is 0 Å². The molecule has 158 valence electrons. The zero-order valence-electron chi connectivity index (χ0n) is 16.3. The van der Waals surface area contributed by atoms with E-state index < -0.39 is 15.8 Å². The zero-order chi connectivity index (χ0) is 21.7. The Kier molecular flexibility index (Phi) is 6.73. The van der Waals surface area contributed by atoms with E-state index in [0.29, 0.717) is 22.4 Å². The van der Waals surface area contributed by atoms with Gasteiger partial charge in [0.1, 0.15) is 5.82 Å². The summed E-state index contributed by atoms with van der Waals surface area (Å²) in [5.74, 6) is -0.293. The molecule has 8 nitrogen and oxygen atoms in total. The summed E-state index contributed by atoms with van der Waals surface area (Å²) in [6.07, 6.45) is 1.13. The highest BCUT2D eigenvalue weighted by molar-refractivity contribution is 7.99. The lowest BCUT2D eigenvalue weighted by molar-refractivity contribution is -0.113. The molecule has 2 aromatic carbocycles. The second-order valence-corrected chi connectivity index (χ2v) is 9.26. The highest BCUT2D eigenvalue weighted by Crippen LogP contribution is 2.22. The quantitative estimate of drug-likeness (QED) is 0.531. The number of amides is 1. The van der Waals surface area contributed by atoms with Crippen LogP contribution in [0.4, 0.5) is 15.8 Å². The number of nitrogens with one attached hydrogen (secondary N) is 1. The van der Waals surface area contributed by atoms with Crippen LogP contribution in [0.2, 0.25) is 0 Å².